The molecule has 0 radical (unpaired) electrons. The predicted molar refractivity (Wildman–Crippen MR) is 132 cm³/mol. The van der Waals surface area contributed by atoms with E-state index in [2.05, 4.69) is 53.9 Å². The van der Waals surface area contributed by atoms with Gasteiger partial charge in [0.15, 0.2) is 5.82 Å². The van der Waals surface area contributed by atoms with E-state index in [4.69, 9.17) is 0 Å². The lowest BCUT2D eigenvalue weighted by Gasteiger charge is -2.32. The van der Waals surface area contributed by atoms with Gasteiger partial charge in [-0.15, -0.1) is 0 Å². The largest absolute Gasteiger partial charge is 0.341 e. The first kappa shape index (κ1) is 22.5. The van der Waals surface area contributed by atoms with Crippen LogP contribution in [0, 0.1) is 5.82 Å². The lowest BCUT2D eigenvalue weighted by atomic mass is 10.1. The topological polar surface area (TPSA) is 101 Å². The number of hydrogen-bond acceptors (Lipinski definition) is 7. The van der Waals surface area contributed by atoms with Crippen molar-refractivity contribution in [3.63, 3.8) is 0 Å². The Hall–Kier alpha value is -4.34. The number of nitrogens with one attached hydrogen (secondary N) is 2. The molecule has 0 bridgehead atoms. The number of anilines is 4. The van der Waals surface area contributed by atoms with Crippen LogP contribution >= 0.6 is 0 Å². The third kappa shape index (κ3) is 5.11. The molecule has 2 N–H and O–H groups in total. The van der Waals surface area contributed by atoms with Gasteiger partial charge in [0.2, 0.25) is 17.8 Å². The third-order valence-electron chi connectivity index (χ3n) is 5.95. The highest BCUT2D eigenvalue weighted by atomic mass is 19.1. The first-order valence-corrected chi connectivity index (χ1v) is 11.4. The van der Waals surface area contributed by atoms with Gasteiger partial charge in [0.05, 0.1) is 23.6 Å². The number of amides is 1. The fourth-order valence-electron chi connectivity index (χ4n) is 4.18. The number of benzene rings is 2. The zero-order chi connectivity index (χ0) is 24.2. The third-order valence-corrected chi connectivity index (χ3v) is 5.95. The van der Waals surface area contributed by atoms with Gasteiger partial charge in [-0.3, -0.25) is 9.48 Å². The van der Waals surface area contributed by atoms with Crippen LogP contribution in [0.15, 0.2) is 67.3 Å². The molecule has 1 aliphatic heterocycles. The molecule has 1 fully saturated rings. The molecule has 2 aromatic carbocycles. The average molecular weight is 473 g/mol. The molecular formula is C25H25FN8O. The van der Waals surface area contributed by atoms with Gasteiger partial charge in [-0.2, -0.15) is 10.1 Å². The van der Waals surface area contributed by atoms with Gasteiger partial charge < -0.3 is 15.5 Å². The first-order valence-electron chi connectivity index (χ1n) is 11.4. The molecule has 4 aromatic rings. The molecule has 10 heteroatoms. The van der Waals surface area contributed by atoms with E-state index in [1.807, 2.05) is 29.1 Å². The van der Waals surface area contributed by atoms with Gasteiger partial charge in [-0.25, -0.2) is 14.4 Å². The van der Waals surface area contributed by atoms with E-state index < -0.39 is 5.82 Å². The molecule has 0 spiro atoms. The molecule has 35 heavy (non-hydrogen) atoms. The summed E-state index contributed by atoms with van der Waals surface area (Å²) in [5.41, 5.74) is 2.52. The van der Waals surface area contributed by atoms with Gasteiger partial charge in [0.1, 0.15) is 6.33 Å². The second kappa shape index (κ2) is 9.88. The number of nitrogens with zero attached hydrogens (tertiary/aromatic N) is 6. The zero-order valence-corrected chi connectivity index (χ0v) is 19.2. The van der Waals surface area contributed by atoms with Crippen molar-refractivity contribution in [3.8, 4) is 11.1 Å². The standard InChI is InChI=1S/C25H25FN8O/c1-17(35)30-21-8-5-9-22(23(21)26)31-24-27-16-28-25(32-24)33-12-10-20(11-13-33)34-15-19(14-29-34)18-6-3-2-4-7-18/h2-9,14-16,20H,10-13H2,1H3,(H,30,35)(H,27,28,31,32). The van der Waals surface area contributed by atoms with E-state index in [-0.39, 0.29) is 23.2 Å². The highest BCUT2D eigenvalue weighted by Crippen LogP contribution is 2.28. The number of piperidine rings is 1. The highest BCUT2D eigenvalue weighted by Gasteiger charge is 2.23. The maximum atomic E-state index is 14.7. The minimum Gasteiger partial charge on any atom is -0.341 e. The summed E-state index contributed by atoms with van der Waals surface area (Å²) in [6.07, 6.45) is 7.22. The minimum atomic E-state index is -0.584. The van der Waals surface area contributed by atoms with Crippen LogP contribution in [0.25, 0.3) is 11.1 Å². The Kier molecular flexibility index (Phi) is 6.34. The van der Waals surface area contributed by atoms with Gasteiger partial charge in [-0.1, -0.05) is 36.4 Å². The quantitative estimate of drug-likeness (QED) is 0.428. The maximum Gasteiger partial charge on any atom is 0.232 e. The van der Waals surface area contributed by atoms with Crippen molar-refractivity contribution >= 4 is 29.2 Å². The molecular weight excluding hydrogens is 447 g/mol. The van der Waals surface area contributed by atoms with Crippen LogP contribution in [0.4, 0.5) is 27.7 Å². The maximum absolute atomic E-state index is 14.7. The van der Waals surface area contributed by atoms with E-state index in [0.29, 0.717) is 12.0 Å². The molecule has 1 aliphatic rings. The summed E-state index contributed by atoms with van der Waals surface area (Å²) in [5, 5.41) is 9.95. The number of carbonyl (C=O) groups excluding carboxylic acids is 1. The lowest BCUT2D eigenvalue weighted by Crippen LogP contribution is -2.36. The number of rotatable bonds is 6. The summed E-state index contributed by atoms with van der Waals surface area (Å²) in [6.45, 7) is 2.86. The fraction of sp³-hybridized carbons (Fsp3) is 0.240. The van der Waals surface area contributed by atoms with Crippen molar-refractivity contribution in [2.24, 2.45) is 0 Å². The summed E-state index contributed by atoms with van der Waals surface area (Å²) in [6, 6.07) is 15.2. The van der Waals surface area contributed by atoms with Crippen LogP contribution < -0.4 is 15.5 Å². The van der Waals surface area contributed by atoms with E-state index in [9.17, 15) is 9.18 Å². The molecule has 0 unspecified atom stereocenters. The lowest BCUT2D eigenvalue weighted by molar-refractivity contribution is -0.114. The summed E-state index contributed by atoms with van der Waals surface area (Å²) in [7, 11) is 0. The summed E-state index contributed by atoms with van der Waals surface area (Å²) in [5.74, 6) is -0.168. The monoisotopic (exact) mass is 472 g/mol. The van der Waals surface area contributed by atoms with Crippen molar-refractivity contribution < 1.29 is 9.18 Å². The van der Waals surface area contributed by atoms with Crippen LogP contribution in [0.2, 0.25) is 0 Å². The van der Waals surface area contributed by atoms with Crippen molar-refractivity contribution in [1.29, 1.82) is 0 Å². The van der Waals surface area contributed by atoms with Crippen molar-refractivity contribution in [1.82, 2.24) is 24.7 Å². The Morgan fingerprint density at radius 2 is 1.77 bits per heavy atom. The van der Waals surface area contributed by atoms with Crippen LogP contribution in [0.3, 0.4) is 0 Å². The second-order valence-corrected chi connectivity index (χ2v) is 8.38. The molecule has 0 atom stereocenters. The summed E-state index contributed by atoms with van der Waals surface area (Å²) in [4.78, 5) is 26.3. The number of hydrogen-bond donors (Lipinski definition) is 2. The molecule has 3 heterocycles. The molecule has 2 aromatic heterocycles. The Labute approximate surface area is 202 Å². The first-order chi connectivity index (χ1) is 17.1. The van der Waals surface area contributed by atoms with E-state index in [1.54, 1.807) is 12.1 Å². The average Bonchev–Trinajstić information content (AvgIpc) is 3.38. The van der Waals surface area contributed by atoms with Crippen molar-refractivity contribution in [2.75, 3.05) is 28.6 Å². The minimum absolute atomic E-state index is 0.0906. The highest BCUT2D eigenvalue weighted by molar-refractivity contribution is 5.89. The molecule has 0 aliphatic carbocycles. The van der Waals surface area contributed by atoms with Crippen LogP contribution in [-0.4, -0.2) is 43.7 Å². The number of halogens is 1. The SMILES string of the molecule is CC(=O)Nc1cccc(Nc2ncnc(N3CCC(n4cc(-c5ccccc5)cn4)CC3)n2)c1F. The molecule has 1 amide bonds. The van der Waals surface area contributed by atoms with Gasteiger partial charge in [-0.05, 0) is 30.5 Å². The van der Waals surface area contributed by atoms with Gasteiger partial charge in [0.25, 0.3) is 0 Å². The Morgan fingerprint density at radius 3 is 2.54 bits per heavy atom. The second-order valence-electron chi connectivity index (χ2n) is 8.38. The van der Waals surface area contributed by atoms with Gasteiger partial charge >= 0.3 is 0 Å². The van der Waals surface area contributed by atoms with Crippen LogP contribution in [-0.2, 0) is 4.79 Å². The molecule has 1 saturated heterocycles. The van der Waals surface area contributed by atoms with Crippen LogP contribution in [0.5, 0.6) is 0 Å². The number of carbonyl (C=O) groups is 1. The molecule has 0 saturated carbocycles. The van der Waals surface area contributed by atoms with Crippen LogP contribution in [0.1, 0.15) is 25.8 Å². The Morgan fingerprint density at radius 1 is 1.00 bits per heavy atom. The fourth-order valence-corrected chi connectivity index (χ4v) is 4.18. The van der Waals surface area contributed by atoms with Crippen molar-refractivity contribution in [3.05, 3.63) is 73.1 Å². The summed E-state index contributed by atoms with van der Waals surface area (Å²) >= 11 is 0. The number of aromatic nitrogens is 5. The van der Waals surface area contributed by atoms with Gasteiger partial charge in [0, 0.05) is 31.8 Å². The van der Waals surface area contributed by atoms with E-state index in [0.717, 1.165) is 37.1 Å². The summed E-state index contributed by atoms with van der Waals surface area (Å²) < 4.78 is 16.8. The molecule has 178 valence electrons. The van der Waals surface area contributed by atoms with E-state index in [1.165, 1.54) is 19.3 Å². The zero-order valence-electron chi connectivity index (χ0n) is 19.2. The molecule has 9 nitrogen and oxygen atoms in total. The Balaban J connectivity index is 1.24. The van der Waals surface area contributed by atoms with Crippen molar-refractivity contribution in [2.45, 2.75) is 25.8 Å². The Bertz CT molecular complexity index is 1320. The predicted octanol–water partition coefficient (Wildman–Crippen LogP) is 4.42. The smallest absolute Gasteiger partial charge is 0.232 e. The normalized spacial score (nSPS) is 14.1. The van der Waals surface area contributed by atoms with E-state index >= 15 is 0 Å². The molecule has 5 rings (SSSR count).